The van der Waals surface area contributed by atoms with Gasteiger partial charge >= 0.3 is 12.8 Å². The van der Waals surface area contributed by atoms with Gasteiger partial charge in [0.05, 0.1) is 0 Å². The van der Waals surface area contributed by atoms with Gasteiger partial charge in [-0.1, -0.05) is 23.8 Å². The van der Waals surface area contributed by atoms with Crippen molar-refractivity contribution in [3.63, 3.8) is 0 Å². The molecule has 0 saturated carbocycles. The van der Waals surface area contributed by atoms with Crippen LogP contribution in [0.1, 0.15) is 16.7 Å². The van der Waals surface area contributed by atoms with E-state index in [9.17, 15) is 22.0 Å². The predicted octanol–water partition coefficient (Wildman–Crippen LogP) is 3.80. The molecule has 2 N–H and O–H groups in total. The second kappa shape index (κ2) is 10.6. The van der Waals surface area contributed by atoms with E-state index in [1.165, 1.54) is 25.4 Å². The molecule has 1 aromatic heterocycles. The van der Waals surface area contributed by atoms with Crippen molar-refractivity contribution < 1.29 is 31.4 Å². The third kappa shape index (κ3) is 8.10. The zero-order chi connectivity index (χ0) is 22.1. The van der Waals surface area contributed by atoms with Crippen LogP contribution in [0, 0.1) is 6.92 Å². The number of hydrogen-bond donors (Lipinski definition) is 2. The zero-order valence-corrected chi connectivity index (χ0v) is 16.3. The molecule has 0 bridgehead atoms. The fourth-order valence-electron chi connectivity index (χ4n) is 2.40. The SMILES string of the molecule is CN=C(NCc1ccc(OCC(F)(F)F)nc1)NCc1cc(C)ccc1OC(F)F. The van der Waals surface area contributed by atoms with Crippen molar-refractivity contribution in [2.75, 3.05) is 13.7 Å². The van der Waals surface area contributed by atoms with E-state index in [4.69, 9.17) is 0 Å². The largest absolute Gasteiger partial charge is 0.468 e. The number of pyridine rings is 1. The number of alkyl halides is 5. The molecule has 0 unspecified atom stereocenters. The summed E-state index contributed by atoms with van der Waals surface area (Å²) in [6.45, 7) is -2.05. The lowest BCUT2D eigenvalue weighted by molar-refractivity contribution is -0.154. The lowest BCUT2D eigenvalue weighted by atomic mass is 10.1. The Kier molecular flexibility index (Phi) is 8.19. The van der Waals surface area contributed by atoms with Gasteiger partial charge in [0, 0.05) is 38.0 Å². The normalized spacial score (nSPS) is 12.1. The van der Waals surface area contributed by atoms with Crippen molar-refractivity contribution in [3.05, 3.63) is 53.2 Å². The van der Waals surface area contributed by atoms with Gasteiger partial charge in [-0.05, 0) is 18.6 Å². The van der Waals surface area contributed by atoms with Crippen LogP contribution in [0.15, 0.2) is 41.5 Å². The van der Waals surface area contributed by atoms with Gasteiger partial charge in [0.1, 0.15) is 5.75 Å². The van der Waals surface area contributed by atoms with E-state index >= 15 is 0 Å². The predicted molar refractivity (Wildman–Crippen MR) is 101 cm³/mol. The molecule has 164 valence electrons. The fourth-order valence-corrected chi connectivity index (χ4v) is 2.40. The van der Waals surface area contributed by atoms with Crippen LogP contribution in [-0.4, -0.2) is 37.4 Å². The molecular weight excluding hydrogens is 411 g/mol. The lowest BCUT2D eigenvalue weighted by Crippen LogP contribution is -2.36. The van der Waals surface area contributed by atoms with Gasteiger partial charge in [0.2, 0.25) is 5.88 Å². The number of benzene rings is 1. The van der Waals surface area contributed by atoms with Gasteiger partial charge in [-0.15, -0.1) is 0 Å². The molecule has 0 aliphatic carbocycles. The minimum absolute atomic E-state index is 0.0669. The molecule has 0 amide bonds. The number of nitrogens with one attached hydrogen (secondary N) is 2. The first-order chi connectivity index (χ1) is 14.2. The summed E-state index contributed by atoms with van der Waals surface area (Å²) in [5.41, 5.74) is 2.09. The van der Waals surface area contributed by atoms with Crippen LogP contribution in [0.4, 0.5) is 22.0 Å². The second-order valence-electron chi connectivity index (χ2n) is 6.18. The van der Waals surface area contributed by atoms with Crippen molar-refractivity contribution in [2.24, 2.45) is 4.99 Å². The van der Waals surface area contributed by atoms with Crippen LogP contribution in [0.25, 0.3) is 0 Å². The highest BCUT2D eigenvalue weighted by atomic mass is 19.4. The summed E-state index contributed by atoms with van der Waals surface area (Å²) in [5, 5.41) is 5.98. The molecule has 0 atom stereocenters. The quantitative estimate of drug-likeness (QED) is 0.377. The molecular formula is C19H21F5N4O2. The number of halogens is 5. The summed E-state index contributed by atoms with van der Waals surface area (Å²) in [4.78, 5) is 7.86. The summed E-state index contributed by atoms with van der Waals surface area (Å²) in [6.07, 6.45) is -3.06. The van der Waals surface area contributed by atoms with Crippen LogP contribution >= 0.6 is 0 Å². The van der Waals surface area contributed by atoms with Crippen LogP contribution in [0.3, 0.4) is 0 Å². The molecule has 6 nitrogen and oxygen atoms in total. The summed E-state index contributed by atoms with van der Waals surface area (Å²) in [7, 11) is 1.54. The van der Waals surface area contributed by atoms with Crippen LogP contribution in [-0.2, 0) is 13.1 Å². The molecule has 30 heavy (non-hydrogen) atoms. The molecule has 0 aliphatic rings. The van der Waals surface area contributed by atoms with Gasteiger partial charge < -0.3 is 20.1 Å². The van der Waals surface area contributed by atoms with Gasteiger partial charge in [-0.3, -0.25) is 4.99 Å². The number of rotatable bonds is 8. The van der Waals surface area contributed by atoms with E-state index < -0.39 is 19.4 Å². The van der Waals surface area contributed by atoms with Crippen LogP contribution in [0.2, 0.25) is 0 Å². The Morgan fingerprint density at radius 1 is 1.13 bits per heavy atom. The lowest BCUT2D eigenvalue weighted by Gasteiger charge is -2.15. The minimum atomic E-state index is -4.43. The smallest absolute Gasteiger partial charge is 0.422 e. The first kappa shape index (κ1) is 23.2. The average molecular weight is 432 g/mol. The van der Waals surface area contributed by atoms with Gasteiger partial charge in [-0.2, -0.15) is 22.0 Å². The average Bonchev–Trinajstić information content (AvgIpc) is 2.68. The monoisotopic (exact) mass is 432 g/mol. The molecule has 1 aromatic carbocycles. The maximum absolute atomic E-state index is 12.6. The maximum atomic E-state index is 12.6. The van der Waals surface area contributed by atoms with Gasteiger partial charge in [0.15, 0.2) is 12.6 Å². The van der Waals surface area contributed by atoms with E-state index in [1.807, 2.05) is 6.92 Å². The van der Waals surface area contributed by atoms with Crippen molar-refractivity contribution in [2.45, 2.75) is 32.8 Å². The highest BCUT2D eigenvalue weighted by molar-refractivity contribution is 5.79. The molecule has 2 aromatic rings. The summed E-state index contributed by atoms with van der Waals surface area (Å²) < 4.78 is 70.6. The van der Waals surface area contributed by atoms with E-state index in [0.29, 0.717) is 17.1 Å². The Bertz CT molecular complexity index is 842. The molecule has 1 heterocycles. The Morgan fingerprint density at radius 3 is 2.47 bits per heavy atom. The molecule has 0 saturated heterocycles. The van der Waals surface area contributed by atoms with Crippen LogP contribution < -0.4 is 20.1 Å². The highest BCUT2D eigenvalue weighted by Gasteiger charge is 2.28. The molecule has 0 radical (unpaired) electrons. The van der Waals surface area contributed by atoms with Crippen molar-refractivity contribution in [1.29, 1.82) is 0 Å². The van der Waals surface area contributed by atoms with Crippen molar-refractivity contribution in [3.8, 4) is 11.6 Å². The Morgan fingerprint density at radius 2 is 1.87 bits per heavy atom. The molecule has 2 rings (SSSR count). The highest BCUT2D eigenvalue weighted by Crippen LogP contribution is 2.22. The van der Waals surface area contributed by atoms with Gasteiger partial charge in [0.25, 0.3) is 0 Å². The maximum Gasteiger partial charge on any atom is 0.422 e. The van der Waals surface area contributed by atoms with E-state index in [2.05, 4.69) is 30.1 Å². The molecule has 0 spiro atoms. The zero-order valence-electron chi connectivity index (χ0n) is 16.3. The molecule has 11 heteroatoms. The number of aryl methyl sites for hydroxylation is 1. The number of ether oxygens (including phenoxy) is 2. The summed E-state index contributed by atoms with van der Waals surface area (Å²) in [6, 6.07) is 7.77. The summed E-state index contributed by atoms with van der Waals surface area (Å²) in [5.74, 6) is 0.318. The van der Waals surface area contributed by atoms with E-state index in [-0.39, 0.29) is 24.7 Å². The third-order valence-corrected chi connectivity index (χ3v) is 3.74. The third-order valence-electron chi connectivity index (χ3n) is 3.74. The first-order valence-electron chi connectivity index (χ1n) is 8.79. The second-order valence-corrected chi connectivity index (χ2v) is 6.18. The number of nitrogens with zero attached hydrogens (tertiary/aromatic N) is 2. The molecule has 0 fully saturated rings. The summed E-state index contributed by atoms with van der Waals surface area (Å²) >= 11 is 0. The number of aliphatic imine (C=N–C) groups is 1. The fraction of sp³-hybridized carbons (Fsp3) is 0.368. The van der Waals surface area contributed by atoms with E-state index in [0.717, 1.165) is 5.56 Å². The number of aromatic nitrogens is 1. The van der Waals surface area contributed by atoms with E-state index in [1.54, 1.807) is 18.2 Å². The van der Waals surface area contributed by atoms with Gasteiger partial charge in [-0.25, -0.2) is 4.98 Å². The topological polar surface area (TPSA) is 67.8 Å². The Hall–Kier alpha value is -3.11. The minimum Gasteiger partial charge on any atom is -0.468 e. The standard InChI is InChI=1S/C19H21F5N4O2/c1-12-3-5-15(30-17(20)21)14(7-12)10-28-18(25-2)27-9-13-4-6-16(26-8-13)29-11-19(22,23)24/h3-8,17H,9-11H2,1-2H3,(H2,25,27,28). The Balaban J connectivity index is 1.89. The number of guanidine groups is 1. The Labute approximate surface area is 170 Å². The first-order valence-corrected chi connectivity index (χ1v) is 8.79. The van der Waals surface area contributed by atoms with Crippen molar-refractivity contribution >= 4 is 5.96 Å². The van der Waals surface area contributed by atoms with Crippen molar-refractivity contribution in [1.82, 2.24) is 15.6 Å². The molecule has 0 aliphatic heterocycles. The van der Waals surface area contributed by atoms with Crippen LogP contribution in [0.5, 0.6) is 11.6 Å². The number of hydrogen-bond acceptors (Lipinski definition) is 4.